The van der Waals surface area contributed by atoms with Crippen molar-refractivity contribution in [2.24, 2.45) is 5.73 Å². The Morgan fingerprint density at radius 1 is 1.62 bits per heavy atom. The molecule has 5 nitrogen and oxygen atoms in total. The number of hydrogen-bond acceptors (Lipinski definition) is 4. The molecule has 0 bridgehead atoms. The van der Waals surface area contributed by atoms with Crippen LogP contribution in [0.4, 0.5) is 0 Å². The van der Waals surface area contributed by atoms with Crippen LogP contribution in [-0.4, -0.2) is 46.8 Å². The quantitative estimate of drug-likeness (QED) is 0.693. The van der Waals surface area contributed by atoms with Crippen LogP contribution < -0.4 is 5.73 Å². The molecule has 7 heteroatoms. The average Bonchev–Trinajstić information content (AvgIpc) is 2.14. The number of thiocarbonyl (C=S) groups is 1. The van der Waals surface area contributed by atoms with Crippen molar-refractivity contribution >= 4 is 27.2 Å². The summed E-state index contributed by atoms with van der Waals surface area (Å²) in [5.74, 6) is 0. The molecule has 1 aliphatic heterocycles. The van der Waals surface area contributed by atoms with Gasteiger partial charge in [-0.15, -0.1) is 0 Å². The topological polar surface area (TPSA) is 83.6 Å². The Labute approximate surface area is 102 Å². The number of nitrogens with two attached hydrogens (primary N) is 1. The van der Waals surface area contributed by atoms with E-state index < -0.39 is 20.9 Å². The molecule has 1 aliphatic rings. The summed E-state index contributed by atoms with van der Waals surface area (Å²) in [7, 11) is -3.53. The summed E-state index contributed by atoms with van der Waals surface area (Å²) in [6.07, 6.45) is 1.26. The van der Waals surface area contributed by atoms with E-state index in [9.17, 15) is 13.5 Å². The van der Waals surface area contributed by atoms with Gasteiger partial charge in [0.05, 0.1) is 10.6 Å². The molecule has 0 saturated carbocycles. The predicted molar refractivity (Wildman–Crippen MR) is 66.6 cm³/mol. The minimum atomic E-state index is -3.53. The molecule has 1 rings (SSSR count). The zero-order chi connectivity index (χ0) is 12.6. The highest BCUT2D eigenvalue weighted by Crippen LogP contribution is 2.24. The molecule has 1 fully saturated rings. The van der Waals surface area contributed by atoms with Crippen LogP contribution in [0, 0.1) is 0 Å². The number of sulfonamides is 1. The predicted octanol–water partition coefficient (Wildman–Crippen LogP) is -0.162. The molecule has 2 unspecified atom stereocenters. The van der Waals surface area contributed by atoms with Gasteiger partial charge < -0.3 is 10.8 Å². The van der Waals surface area contributed by atoms with E-state index in [0.717, 1.165) is 0 Å². The van der Waals surface area contributed by atoms with E-state index >= 15 is 0 Å². The first kappa shape index (κ1) is 13.8. The van der Waals surface area contributed by atoms with Gasteiger partial charge in [-0.2, -0.15) is 4.31 Å². The van der Waals surface area contributed by atoms with Crippen LogP contribution in [0.15, 0.2) is 0 Å². The number of piperidine rings is 1. The van der Waals surface area contributed by atoms with Gasteiger partial charge in [0.1, 0.15) is 5.25 Å². The lowest BCUT2D eigenvalue weighted by atomic mass is 9.97. The monoisotopic (exact) mass is 266 g/mol. The Morgan fingerprint density at radius 3 is 2.62 bits per heavy atom. The van der Waals surface area contributed by atoms with Crippen molar-refractivity contribution in [1.29, 1.82) is 0 Å². The second-order valence-electron chi connectivity index (χ2n) is 4.52. The number of hydrogen-bond donors (Lipinski definition) is 2. The highest BCUT2D eigenvalue weighted by molar-refractivity contribution is 7.92. The lowest BCUT2D eigenvalue weighted by Gasteiger charge is -2.37. The number of aliphatic hydroxyl groups is 1. The molecular weight excluding hydrogens is 248 g/mol. The third kappa shape index (κ3) is 2.91. The SMILES string of the molecule is CC(C(N)=S)S(=O)(=O)N1CCCC(C)(O)C1. The van der Waals surface area contributed by atoms with Gasteiger partial charge in [-0.1, -0.05) is 12.2 Å². The second kappa shape index (κ2) is 4.56. The van der Waals surface area contributed by atoms with Crippen molar-refractivity contribution in [2.75, 3.05) is 13.1 Å². The average molecular weight is 266 g/mol. The third-order valence-corrected chi connectivity index (χ3v) is 5.53. The second-order valence-corrected chi connectivity index (χ2v) is 7.25. The number of rotatable bonds is 3. The Morgan fingerprint density at radius 2 is 2.19 bits per heavy atom. The third-order valence-electron chi connectivity index (χ3n) is 2.85. The van der Waals surface area contributed by atoms with Gasteiger partial charge in [0.15, 0.2) is 0 Å². The summed E-state index contributed by atoms with van der Waals surface area (Å²) in [4.78, 5) is -0.0368. The maximum absolute atomic E-state index is 12.1. The molecule has 3 N–H and O–H groups in total. The first-order valence-corrected chi connectivity index (χ1v) is 7.09. The molecule has 1 heterocycles. The first-order chi connectivity index (χ1) is 7.17. The van der Waals surface area contributed by atoms with Crippen LogP contribution in [0.25, 0.3) is 0 Å². The summed E-state index contributed by atoms with van der Waals surface area (Å²) in [6.45, 7) is 3.65. The first-order valence-electron chi connectivity index (χ1n) is 5.17. The lowest BCUT2D eigenvalue weighted by Crippen LogP contribution is -2.52. The smallest absolute Gasteiger partial charge is 0.223 e. The van der Waals surface area contributed by atoms with Crippen molar-refractivity contribution in [2.45, 2.75) is 37.5 Å². The molecule has 0 radical (unpaired) electrons. The Balaban J connectivity index is 2.88. The molecule has 0 aromatic rings. The van der Waals surface area contributed by atoms with Crippen LogP contribution in [0.1, 0.15) is 26.7 Å². The summed E-state index contributed by atoms with van der Waals surface area (Å²) in [5, 5.41) is 8.98. The fraction of sp³-hybridized carbons (Fsp3) is 0.889. The van der Waals surface area contributed by atoms with Crippen molar-refractivity contribution in [3.8, 4) is 0 Å². The standard InChI is InChI=1S/C9H18N2O3S2/c1-7(8(10)15)16(13,14)11-5-3-4-9(2,12)6-11/h7,12H,3-6H2,1-2H3,(H2,10,15). The van der Waals surface area contributed by atoms with E-state index in [1.54, 1.807) is 6.92 Å². The van der Waals surface area contributed by atoms with Crippen molar-refractivity contribution in [1.82, 2.24) is 4.31 Å². The number of β-amino-alcohol motifs (C(OH)–C–C–N with tert-alkyl or cyclic N) is 1. The normalized spacial score (nSPS) is 29.9. The highest BCUT2D eigenvalue weighted by atomic mass is 32.2. The van der Waals surface area contributed by atoms with Gasteiger partial charge in [0.2, 0.25) is 10.0 Å². The molecule has 0 amide bonds. The van der Waals surface area contributed by atoms with E-state index in [-0.39, 0.29) is 11.5 Å². The Hall–Kier alpha value is -0.240. The van der Waals surface area contributed by atoms with E-state index in [1.807, 2.05) is 0 Å². The summed E-state index contributed by atoms with van der Waals surface area (Å²) < 4.78 is 25.4. The maximum atomic E-state index is 12.1. The molecule has 0 aromatic heterocycles. The van der Waals surface area contributed by atoms with Crippen molar-refractivity contribution in [3.05, 3.63) is 0 Å². The molecule has 0 aromatic carbocycles. The van der Waals surface area contributed by atoms with Crippen molar-refractivity contribution in [3.63, 3.8) is 0 Å². The van der Waals surface area contributed by atoms with E-state index in [2.05, 4.69) is 0 Å². The van der Waals surface area contributed by atoms with Gasteiger partial charge in [-0.25, -0.2) is 8.42 Å². The van der Waals surface area contributed by atoms with E-state index in [1.165, 1.54) is 11.2 Å². The van der Waals surface area contributed by atoms with Gasteiger partial charge in [-0.3, -0.25) is 0 Å². The molecule has 94 valence electrons. The largest absolute Gasteiger partial charge is 0.392 e. The Bertz CT molecular complexity index is 378. The molecule has 2 atom stereocenters. The highest BCUT2D eigenvalue weighted by Gasteiger charge is 2.38. The minimum Gasteiger partial charge on any atom is -0.392 e. The molecule has 0 aliphatic carbocycles. The summed E-state index contributed by atoms with van der Waals surface area (Å²) in [6, 6.07) is 0. The van der Waals surface area contributed by atoms with Crippen LogP contribution >= 0.6 is 12.2 Å². The van der Waals surface area contributed by atoms with E-state index in [0.29, 0.717) is 19.4 Å². The minimum absolute atomic E-state index is 0.0368. The zero-order valence-electron chi connectivity index (χ0n) is 9.51. The van der Waals surface area contributed by atoms with Crippen LogP contribution in [-0.2, 0) is 10.0 Å². The Kier molecular flexibility index (Phi) is 3.94. The molecular formula is C9H18N2O3S2. The lowest BCUT2D eigenvalue weighted by molar-refractivity contribution is 0.00933. The fourth-order valence-corrected chi connectivity index (χ4v) is 3.71. The number of nitrogens with zero attached hydrogens (tertiary/aromatic N) is 1. The molecule has 1 saturated heterocycles. The van der Waals surface area contributed by atoms with Gasteiger partial charge in [-0.05, 0) is 26.7 Å². The van der Waals surface area contributed by atoms with Gasteiger partial charge in [0, 0.05) is 13.1 Å². The summed E-state index contributed by atoms with van der Waals surface area (Å²) >= 11 is 4.70. The van der Waals surface area contributed by atoms with Crippen LogP contribution in [0.5, 0.6) is 0 Å². The van der Waals surface area contributed by atoms with Gasteiger partial charge >= 0.3 is 0 Å². The van der Waals surface area contributed by atoms with Gasteiger partial charge in [0.25, 0.3) is 0 Å². The summed E-state index contributed by atoms with van der Waals surface area (Å²) in [5.41, 5.74) is 4.40. The van der Waals surface area contributed by atoms with Crippen LogP contribution in [0.2, 0.25) is 0 Å². The zero-order valence-corrected chi connectivity index (χ0v) is 11.1. The maximum Gasteiger partial charge on any atom is 0.223 e. The fourth-order valence-electron chi connectivity index (χ4n) is 1.76. The molecule has 16 heavy (non-hydrogen) atoms. The van der Waals surface area contributed by atoms with E-state index in [4.69, 9.17) is 18.0 Å². The van der Waals surface area contributed by atoms with Crippen molar-refractivity contribution < 1.29 is 13.5 Å². The van der Waals surface area contributed by atoms with Crippen LogP contribution in [0.3, 0.4) is 0 Å². The molecule has 0 spiro atoms.